The van der Waals surface area contributed by atoms with Gasteiger partial charge >= 0.3 is 0 Å². The van der Waals surface area contributed by atoms with Crippen LogP contribution in [-0.2, 0) is 24.1 Å². The van der Waals surface area contributed by atoms with Crippen LogP contribution >= 0.6 is 11.6 Å². The molecular weight excluding hydrogens is 288 g/mol. The SMILES string of the molecule is CCCC1CC(O)(Cc2c(Cl)c(CC)nn2CC)CCO1. The smallest absolute Gasteiger partial charge is 0.0850 e. The van der Waals surface area contributed by atoms with Crippen LogP contribution in [0.5, 0.6) is 0 Å². The van der Waals surface area contributed by atoms with Gasteiger partial charge in [-0.15, -0.1) is 0 Å². The first kappa shape index (κ1) is 16.8. The van der Waals surface area contributed by atoms with E-state index in [9.17, 15) is 5.11 Å². The molecule has 0 aromatic carbocycles. The van der Waals surface area contributed by atoms with Gasteiger partial charge < -0.3 is 9.84 Å². The molecule has 120 valence electrons. The number of ether oxygens (including phenoxy) is 1. The lowest BCUT2D eigenvalue weighted by Gasteiger charge is -2.37. The molecule has 0 saturated carbocycles. The number of halogens is 1. The molecule has 1 fully saturated rings. The van der Waals surface area contributed by atoms with E-state index < -0.39 is 5.60 Å². The van der Waals surface area contributed by atoms with Gasteiger partial charge in [-0.05, 0) is 26.2 Å². The van der Waals surface area contributed by atoms with Gasteiger partial charge in [-0.3, -0.25) is 4.68 Å². The van der Waals surface area contributed by atoms with Crippen molar-refractivity contribution in [2.75, 3.05) is 6.61 Å². The van der Waals surface area contributed by atoms with E-state index in [0.29, 0.717) is 25.9 Å². The molecule has 0 bridgehead atoms. The highest BCUT2D eigenvalue weighted by molar-refractivity contribution is 6.31. The van der Waals surface area contributed by atoms with Gasteiger partial charge in [0.15, 0.2) is 0 Å². The van der Waals surface area contributed by atoms with Crippen LogP contribution in [0.3, 0.4) is 0 Å². The van der Waals surface area contributed by atoms with Gasteiger partial charge in [-0.2, -0.15) is 5.10 Å². The standard InChI is InChI=1S/C16H27ClN2O2/c1-4-7-12-10-16(20,8-9-21-12)11-14-15(17)13(5-2)18-19(14)6-3/h12,20H,4-11H2,1-3H3. The van der Waals surface area contributed by atoms with Crippen LogP contribution in [-0.4, -0.2) is 33.2 Å². The summed E-state index contributed by atoms with van der Waals surface area (Å²) in [5.74, 6) is 0. The Morgan fingerprint density at radius 1 is 1.43 bits per heavy atom. The summed E-state index contributed by atoms with van der Waals surface area (Å²) in [6, 6.07) is 0. The Morgan fingerprint density at radius 3 is 2.81 bits per heavy atom. The maximum Gasteiger partial charge on any atom is 0.0850 e. The van der Waals surface area contributed by atoms with E-state index in [1.807, 2.05) is 4.68 Å². The molecule has 2 heterocycles. The molecule has 1 saturated heterocycles. The second-order valence-electron chi connectivity index (χ2n) is 6.01. The minimum atomic E-state index is -0.723. The molecule has 0 amide bonds. The largest absolute Gasteiger partial charge is 0.389 e. The third kappa shape index (κ3) is 3.79. The predicted octanol–water partition coefficient (Wildman–Crippen LogP) is 3.37. The minimum Gasteiger partial charge on any atom is -0.389 e. The summed E-state index contributed by atoms with van der Waals surface area (Å²) < 4.78 is 7.68. The number of rotatable bonds is 6. The summed E-state index contributed by atoms with van der Waals surface area (Å²) in [6.45, 7) is 7.66. The number of nitrogens with zero attached hydrogens (tertiary/aromatic N) is 2. The highest BCUT2D eigenvalue weighted by atomic mass is 35.5. The lowest BCUT2D eigenvalue weighted by atomic mass is 9.85. The van der Waals surface area contributed by atoms with Gasteiger partial charge in [0, 0.05) is 26.0 Å². The summed E-state index contributed by atoms with van der Waals surface area (Å²) in [5.41, 5.74) is 1.17. The van der Waals surface area contributed by atoms with Crippen molar-refractivity contribution in [1.82, 2.24) is 9.78 Å². The van der Waals surface area contributed by atoms with E-state index in [1.54, 1.807) is 0 Å². The van der Waals surface area contributed by atoms with Crippen molar-refractivity contribution in [2.24, 2.45) is 0 Å². The average molecular weight is 315 g/mol. The first-order valence-electron chi connectivity index (χ1n) is 8.11. The van der Waals surface area contributed by atoms with E-state index >= 15 is 0 Å². The average Bonchev–Trinajstić information content (AvgIpc) is 2.75. The fraction of sp³-hybridized carbons (Fsp3) is 0.812. The summed E-state index contributed by atoms with van der Waals surface area (Å²) in [7, 11) is 0. The lowest BCUT2D eigenvalue weighted by Crippen LogP contribution is -2.43. The van der Waals surface area contributed by atoms with Gasteiger partial charge in [-0.1, -0.05) is 31.9 Å². The van der Waals surface area contributed by atoms with Crippen molar-refractivity contribution in [1.29, 1.82) is 0 Å². The highest BCUT2D eigenvalue weighted by Crippen LogP contribution is 2.33. The molecule has 0 radical (unpaired) electrons. The van der Waals surface area contributed by atoms with Crippen LogP contribution in [0, 0.1) is 0 Å². The number of aryl methyl sites for hydroxylation is 2. The van der Waals surface area contributed by atoms with Crippen LogP contribution < -0.4 is 0 Å². The molecule has 1 aromatic rings. The Morgan fingerprint density at radius 2 is 2.19 bits per heavy atom. The van der Waals surface area contributed by atoms with E-state index in [4.69, 9.17) is 16.3 Å². The van der Waals surface area contributed by atoms with Crippen LogP contribution in [0.15, 0.2) is 0 Å². The van der Waals surface area contributed by atoms with Crippen molar-refractivity contribution in [2.45, 2.75) is 77.5 Å². The van der Waals surface area contributed by atoms with Crippen molar-refractivity contribution in [3.63, 3.8) is 0 Å². The number of aromatic nitrogens is 2. The lowest BCUT2D eigenvalue weighted by molar-refractivity contribution is -0.105. The van der Waals surface area contributed by atoms with Crippen molar-refractivity contribution in [3.05, 3.63) is 16.4 Å². The molecule has 1 aliphatic rings. The van der Waals surface area contributed by atoms with Gasteiger partial charge in [0.2, 0.25) is 0 Å². The fourth-order valence-electron chi connectivity index (χ4n) is 3.17. The second-order valence-corrected chi connectivity index (χ2v) is 6.39. The summed E-state index contributed by atoms with van der Waals surface area (Å²) in [5, 5.41) is 16.2. The first-order chi connectivity index (χ1) is 10.0. The second kappa shape index (κ2) is 7.12. The number of aliphatic hydroxyl groups is 1. The van der Waals surface area contributed by atoms with Crippen molar-refractivity contribution in [3.8, 4) is 0 Å². The van der Waals surface area contributed by atoms with Gasteiger partial charge in [0.05, 0.1) is 28.1 Å². The zero-order valence-electron chi connectivity index (χ0n) is 13.4. The van der Waals surface area contributed by atoms with E-state index in [1.165, 1.54) is 0 Å². The fourth-order valence-corrected chi connectivity index (χ4v) is 3.50. The first-order valence-corrected chi connectivity index (χ1v) is 8.48. The summed E-state index contributed by atoms with van der Waals surface area (Å²) in [4.78, 5) is 0. The zero-order chi connectivity index (χ0) is 15.5. The van der Waals surface area contributed by atoms with Gasteiger partial charge in [-0.25, -0.2) is 0 Å². The Bertz CT molecular complexity index is 473. The molecule has 0 aliphatic carbocycles. The Kier molecular flexibility index (Phi) is 5.69. The third-order valence-corrected chi connectivity index (χ3v) is 4.77. The molecule has 1 N–H and O–H groups in total. The maximum absolute atomic E-state index is 11.0. The number of hydrogen-bond donors (Lipinski definition) is 1. The van der Waals surface area contributed by atoms with Crippen molar-refractivity contribution < 1.29 is 9.84 Å². The molecule has 1 aliphatic heterocycles. The third-order valence-electron chi connectivity index (χ3n) is 4.33. The van der Waals surface area contributed by atoms with Gasteiger partial charge in [0.25, 0.3) is 0 Å². The summed E-state index contributed by atoms with van der Waals surface area (Å²) in [6.07, 6.45) is 4.98. The Hall–Kier alpha value is -0.580. The predicted molar refractivity (Wildman–Crippen MR) is 84.8 cm³/mol. The van der Waals surface area contributed by atoms with Crippen LogP contribution in [0.1, 0.15) is 57.8 Å². The van der Waals surface area contributed by atoms with Crippen LogP contribution in [0.4, 0.5) is 0 Å². The molecule has 21 heavy (non-hydrogen) atoms. The molecular formula is C16H27ClN2O2. The van der Waals surface area contributed by atoms with E-state index in [2.05, 4.69) is 25.9 Å². The molecule has 2 unspecified atom stereocenters. The maximum atomic E-state index is 11.0. The quantitative estimate of drug-likeness (QED) is 0.875. The normalized spacial score (nSPS) is 26.2. The monoisotopic (exact) mass is 314 g/mol. The van der Waals surface area contributed by atoms with Crippen LogP contribution in [0.25, 0.3) is 0 Å². The molecule has 4 nitrogen and oxygen atoms in total. The zero-order valence-corrected chi connectivity index (χ0v) is 14.1. The molecule has 2 atom stereocenters. The van der Waals surface area contributed by atoms with E-state index in [0.717, 1.165) is 42.2 Å². The summed E-state index contributed by atoms with van der Waals surface area (Å²) >= 11 is 6.46. The van der Waals surface area contributed by atoms with Gasteiger partial charge in [0.1, 0.15) is 0 Å². The van der Waals surface area contributed by atoms with E-state index in [-0.39, 0.29) is 6.10 Å². The minimum absolute atomic E-state index is 0.163. The molecule has 0 spiro atoms. The van der Waals surface area contributed by atoms with Crippen LogP contribution in [0.2, 0.25) is 5.02 Å². The highest BCUT2D eigenvalue weighted by Gasteiger charge is 2.36. The molecule has 2 rings (SSSR count). The molecule has 1 aromatic heterocycles. The number of hydrogen-bond acceptors (Lipinski definition) is 3. The topological polar surface area (TPSA) is 47.3 Å². The van der Waals surface area contributed by atoms with Crippen molar-refractivity contribution >= 4 is 11.6 Å². The Labute approximate surface area is 132 Å². The Balaban J connectivity index is 2.18. The molecule has 5 heteroatoms.